The predicted molar refractivity (Wildman–Crippen MR) is 73.3 cm³/mol. The topological polar surface area (TPSA) is 71.1 Å². The minimum atomic E-state index is -0.430. The van der Waals surface area contributed by atoms with E-state index in [1.54, 1.807) is 13.2 Å². The summed E-state index contributed by atoms with van der Waals surface area (Å²) in [7, 11) is 1.62. The molecule has 0 fully saturated rings. The molecule has 6 heteroatoms. The third-order valence-electron chi connectivity index (χ3n) is 2.93. The van der Waals surface area contributed by atoms with Crippen LogP contribution in [-0.4, -0.2) is 37.3 Å². The Balaban J connectivity index is 3.23. The number of nitrogens with zero attached hydrogens (tertiary/aromatic N) is 2. The molecule has 0 aliphatic carbocycles. The predicted octanol–water partition coefficient (Wildman–Crippen LogP) is 1.78. The van der Waals surface area contributed by atoms with E-state index in [2.05, 4.69) is 5.16 Å². The van der Waals surface area contributed by atoms with Crippen molar-refractivity contribution >= 4 is 11.5 Å². The van der Waals surface area contributed by atoms with Gasteiger partial charge in [0.2, 0.25) is 0 Å². The van der Waals surface area contributed by atoms with E-state index >= 15 is 0 Å². The van der Waals surface area contributed by atoms with Gasteiger partial charge in [0.1, 0.15) is 5.82 Å². The lowest BCUT2D eigenvalue weighted by Crippen LogP contribution is -2.37. The molecular weight excluding hydrogens is 249 g/mol. The van der Waals surface area contributed by atoms with Crippen LogP contribution in [0.2, 0.25) is 0 Å². The van der Waals surface area contributed by atoms with E-state index in [4.69, 9.17) is 15.7 Å². The fourth-order valence-corrected chi connectivity index (χ4v) is 2.07. The third-order valence-corrected chi connectivity index (χ3v) is 2.93. The third kappa shape index (κ3) is 3.57. The first kappa shape index (κ1) is 15.2. The number of nitrogens with two attached hydrogens (primary N) is 1. The molecule has 0 amide bonds. The van der Waals surface area contributed by atoms with Crippen molar-refractivity contribution in [3.05, 3.63) is 29.6 Å². The fraction of sp³-hybridized carbons (Fsp3) is 0.462. The van der Waals surface area contributed by atoms with Crippen molar-refractivity contribution in [3.8, 4) is 0 Å². The van der Waals surface area contributed by atoms with Gasteiger partial charge in [-0.3, -0.25) is 0 Å². The molecule has 0 aromatic heterocycles. The Hall–Kier alpha value is -1.82. The monoisotopic (exact) mass is 269 g/mol. The quantitative estimate of drug-likeness (QED) is 0.357. The van der Waals surface area contributed by atoms with Crippen molar-refractivity contribution in [3.63, 3.8) is 0 Å². The zero-order chi connectivity index (χ0) is 14.4. The highest BCUT2D eigenvalue weighted by atomic mass is 19.1. The summed E-state index contributed by atoms with van der Waals surface area (Å²) in [4.78, 5) is 2.01. The average molecular weight is 269 g/mol. The van der Waals surface area contributed by atoms with Gasteiger partial charge in [-0.15, -0.1) is 0 Å². The molecule has 0 saturated heterocycles. The number of benzene rings is 1. The smallest absolute Gasteiger partial charge is 0.172 e. The number of halogens is 1. The van der Waals surface area contributed by atoms with Crippen molar-refractivity contribution in [1.29, 1.82) is 0 Å². The van der Waals surface area contributed by atoms with Crippen LogP contribution >= 0.6 is 0 Å². The molecule has 0 spiro atoms. The van der Waals surface area contributed by atoms with Gasteiger partial charge in [-0.25, -0.2) is 4.39 Å². The second-order valence-corrected chi connectivity index (χ2v) is 4.24. The number of methoxy groups -OCH3 is 1. The zero-order valence-corrected chi connectivity index (χ0v) is 11.4. The SMILES string of the molecule is CCN(c1ccc(F)cc1C(N)=NO)C(C)COC. The summed E-state index contributed by atoms with van der Waals surface area (Å²) in [6, 6.07) is 4.32. The van der Waals surface area contributed by atoms with Gasteiger partial charge in [0, 0.05) is 30.9 Å². The first-order chi connectivity index (χ1) is 9.04. The number of oxime groups is 1. The lowest BCUT2D eigenvalue weighted by Gasteiger charge is -2.31. The van der Waals surface area contributed by atoms with Gasteiger partial charge in [0.15, 0.2) is 5.84 Å². The van der Waals surface area contributed by atoms with Crippen molar-refractivity contribution < 1.29 is 14.3 Å². The van der Waals surface area contributed by atoms with Crippen LogP contribution in [-0.2, 0) is 4.74 Å². The van der Waals surface area contributed by atoms with E-state index in [0.717, 1.165) is 0 Å². The lowest BCUT2D eigenvalue weighted by molar-refractivity contribution is 0.182. The van der Waals surface area contributed by atoms with Crippen LogP contribution in [0.5, 0.6) is 0 Å². The molecule has 0 radical (unpaired) electrons. The highest BCUT2D eigenvalue weighted by Gasteiger charge is 2.18. The van der Waals surface area contributed by atoms with E-state index in [9.17, 15) is 4.39 Å². The second-order valence-electron chi connectivity index (χ2n) is 4.24. The Labute approximate surface area is 112 Å². The second kappa shape index (κ2) is 6.94. The summed E-state index contributed by atoms with van der Waals surface area (Å²) in [5, 5.41) is 11.7. The fourth-order valence-electron chi connectivity index (χ4n) is 2.07. The van der Waals surface area contributed by atoms with Crippen LogP contribution in [0.4, 0.5) is 10.1 Å². The molecule has 106 valence electrons. The van der Waals surface area contributed by atoms with Crippen molar-refractivity contribution in [2.24, 2.45) is 10.9 Å². The van der Waals surface area contributed by atoms with Gasteiger partial charge in [-0.1, -0.05) is 5.16 Å². The molecule has 0 heterocycles. The highest BCUT2D eigenvalue weighted by Crippen LogP contribution is 2.23. The van der Waals surface area contributed by atoms with Crippen LogP contribution in [0.15, 0.2) is 23.4 Å². The van der Waals surface area contributed by atoms with Crippen LogP contribution in [0.1, 0.15) is 19.4 Å². The van der Waals surface area contributed by atoms with E-state index in [-0.39, 0.29) is 11.9 Å². The maximum absolute atomic E-state index is 13.3. The van der Waals surface area contributed by atoms with Crippen LogP contribution in [0, 0.1) is 5.82 Å². The molecule has 0 aliphatic heterocycles. The molecule has 5 nitrogen and oxygen atoms in total. The molecular formula is C13H20FN3O2. The summed E-state index contributed by atoms with van der Waals surface area (Å²) in [5.41, 5.74) is 6.69. The Morgan fingerprint density at radius 2 is 2.26 bits per heavy atom. The molecule has 1 atom stereocenters. The summed E-state index contributed by atoms with van der Waals surface area (Å²) in [6.45, 7) is 5.20. The zero-order valence-electron chi connectivity index (χ0n) is 11.4. The number of amidine groups is 1. The largest absolute Gasteiger partial charge is 0.409 e. The first-order valence-corrected chi connectivity index (χ1v) is 6.08. The molecule has 19 heavy (non-hydrogen) atoms. The van der Waals surface area contributed by atoms with Gasteiger partial charge in [0.05, 0.1) is 6.61 Å². The first-order valence-electron chi connectivity index (χ1n) is 6.08. The van der Waals surface area contributed by atoms with Gasteiger partial charge in [-0.2, -0.15) is 0 Å². The van der Waals surface area contributed by atoms with Crippen LogP contribution < -0.4 is 10.6 Å². The number of likely N-dealkylation sites (N-methyl/N-ethyl adjacent to an activating group) is 1. The van der Waals surface area contributed by atoms with Gasteiger partial charge < -0.3 is 20.6 Å². The molecule has 1 aromatic rings. The van der Waals surface area contributed by atoms with Crippen molar-refractivity contribution in [1.82, 2.24) is 0 Å². The maximum atomic E-state index is 13.3. The molecule has 0 bridgehead atoms. The summed E-state index contributed by atoms with van der Waals surface area (Å²) in [5.74, 6) is -0.543. The van der Waals surface area contributed by atoms with Crippen LogP contribution in [0.25, 0.3) is 0 Å². The molecule has 1 unspecified atom stereocenters. The Morgan fingerprint density at radius 1 is 1.58 bits per heavy atom. The number of rotatable bonds is 6. The standard InChI is InChI=1S/C13H20FN3O2/c1-4-17(9(2)8-19-3)12-6-5-10(14)7-11(12)13(15)16-18/h5-7,9,18H,4,8H2,1-3H3,(H2,15,16). The lowest BCUT2D eigenvalue weighted by atomic mass is 10.1. The minimum Gasteiger partial charge on any atom is -0.409 e. The molecule has 0 aliphatic rings. The number of ether oxygens (including phenoxy) is 1. The number of hydrogen-bond acceptors (Lipinski definition) is 4. The Bertz CT molecular complexity index is 452. The Kier molecular flexibility index (Phi) is 5.57. The van der Waals surface area contributed by atoms with Gasteiger partial charge >= 0.3 is 0 Å². The van der Waals surface area contributed by atoms with E-state index in [0.29, 0.717) is 24.4 Å². The normalized spacial score (nSPS) is 13.4. The minimum absolute atomic E-state index is 0.0886. The van der Waals surface area contributed by atoms with Gasteiger partial charge in [-0.05, 0) is 32.0 Å². The molecule has 0 saturated carbocycles. The summed E-state index contributed by atoms with van der Waals surface area (Å²) in [6.07, 6.45) is 0. The molecule has 1 aromatic carbocycles. The van der Waals surface area contributed by atoms with Crippen molar-refractivity contribution in [2.45, 2.75) is 19.9 Å². The summed E-state index contributed by atoms with van der Waals surface area (Å²) >= 11 is 0. The summed E-state index contributed by atoms with van der Waals surface area (Å²) < 4.78 is 18.5. The maximum Gasteiger partial charge on any atom is 0.172 e. The molecule has 1 rings (SSSR count). The number of hydrogen-bond donors (Lipinski definition) is 2. The van der Waals surface area contributed by atoms with E-state index in [1.165, 1.54) is 12.1 Å². The highest BCUT2D eigenvalue weighted by molar-refractivity contribution is 6.02. The van der Waals surface area contributed by atoms with E-state index in [1.807, 2.05) is 18.7 Å². The molecule has 3 N–H and O–H groups in total. The van der Waals surface area contributed by atoms with Crippen LogP contribution in [0.3, 0.4) is 0 Å². The Morgan fingerprint density at radius 3 is 2.79 bits per heavy atom. The average Bonchev–Trinajstić information content (AvgIpc) is 2.40. The number of anilines is 1. The van der Waals surface area contributed by atoms with Gasteiger partial charge in [0.25, 0.3) is 0 Å². The van der Waals surface area contributed by atoms with E-state index < -0.39 is 5.82 Å². The van der Waals surface area contributed by atoms with Crippen molar-refractivity contribution in [2.75, 3.05) is 25.2 Å².